The van der Waals surface area contributed by atoms with Gasteiger partial charge in [-0.25, -0.2) is 0 Å². The van der Waals surface area contributed by atoms with Gasteiger partial charge in [0.05, 0.1) is 23.0 Å². The maximum atomic E-state index is 13.5. The molecule has 0 spiro atoms. The number of nitrogens with zero attached hydrogens (tertiary/aromatic N) is 2. The van der Waals surface area contributed by atoms with E-state index in [2.05, 4.69) is 32.2 Å². The van der Waals surface area contributed by atoms with E-state index >= 15 is 0 Å². The number of rotatable bonds is 8. The van der Waals surface area contributed by atoms with Crippen molar-refractivity contribution in [2.45, 2.75) is 79.8 Å². The molecule has 4 atom stereocenters. The van der Waals surface area contributed by atoms with Crippen molar-refractivity contribution in [3.8, 4) is 6.07 Å². The summed E-state index contributed by atoms with van der Waals surface area (Å²) in [5.74, 6) is 0.678. The van der Waals surface area contributed by atoms with Crippen LogP contribution in [-0.2, 0) is 9.59 Å². The van der Waals surface area contributed by atoms with Crippen LogP contribution in [0.2, 0.25) is 0 Å². The van der Waals surface area contributed by atoms with Gasteiger partial charge in [0.15, 0.2) is 0 Å². The van der Waals surface area contributed by atoms with Crippen LogP contribution in [0.1, 0.15) is 73.6 Å². The Balaban J connectivity index is 2.30. The van der Waals surface area contributed by atoms with Gasteiger partial charge in [-0.15, -0.1) is 0 Å². The molecule has 2 fully saturated rings. The summed E-state index contributed by atoms with van der Waals surface area (Å²) in [6, 6.07) is 2.50. The Morgan fingerprint density at radius 2 is 2.00 bits per heavy atom. The number of aliphatic hydroxyl groups is 1. The zero-order valence-electron chi connectivity index (χ0n) is 19.7. The summed E-state index contributed by atoms with van der Waals surface area (Å²) in [6.45, 7) is 12.7. The molecule has 2 aliphatic rings. The Labute approximate surface area is 196 Å². The lowest BCUT2D eigenvalue weighted by Gasteiger charge is -2.64. The van der Waals surface area contributed by atoms with E-state index in [4.69, 9.17) is 12.2 Å². The Hall–Kier alpha value is -1.17. The van der Waals surface area contributed by atoms with Gasteiger partial charge in [0.2, 0.25) is 11.8 Å². The molecule has 1 saturated heterocycles. The zero-order valence-corrected chi connectivity index (χ0v) is 21.3. The van der Waals surface area contributed by atoms with Crippen LogP contribution in [0, 0.1) is 33.0 Å². The second-order valence-corrected chi connectivity index (χ2v) is 12.5. The highest BCUT2D eigenvalue weighted by Gasteiger charge is 2.68. The summed E-state index contributed by atoms with van der Waals surface area (Å²) >= 11 is 6.78. The molecular weight excluding hydrogens is 430 g/mol. The fraction of sp³-hybridized carbons (Fsp3) is 0.826. The number of nitrogens with one attached hydrogen (secondary N) is 1. The van der Waals surface area contributed by atoms with E-state index in [9.17, 15) is 20.0 Å². The third-order valence-corrected chi connectivity index (χ3v) is 8.73. The zero-order chi connectivity index (χ0) is 23.7. The van der Waals surface area contributed by atoms with E-state index in [1.54, 1.807) is 11.8 Å². The first-order chi connectivity index (χ1) is 14.2. The second kappa shape index (κ2) is 9.36. The molecule has 2 amide bonds. The van der Waals surface area contributed by atoms with Gasteiger partial charge in [-0.3, -0.25) is 14.5 Å². The first-order valence-electron chi connectivity index (χ1n) is 11.1. The quantitative estimate of drug-likeness (QED) is 0.526. The molecular formula is C23H37N3O3S2. The molecule has 2 N–H and O–H groups in total. The molecule has 4 unspecified atom stereocenters. The number of thiocarbonyl (C=S) groups is 1. The van der Waals surface area contributed by atoms with Crippen molar-refractivity contribution in [3.05, 3.63) is 0 Å². The second-order valence-electron chi connectivity index (χ2n) is 10.8. The van der Waals surface area contributed by atoms with Gasteiger partial charge < -0.3 is 10.4 Å². The Morgan fingerprint density at radius 1 is 1.35 bits per heavy atom. The van der Waals surface area contributed by atoms with Crippen molar-refractivity contribution >= 4 is 40.1 Å². The topological polar surface area (TPSA) is 93.4 Å². The number of nitriles is 1. The van der Waals surface area contributed by atoms with Crippen molar-refractivity contribution < 1.29 is 14.7 Å². The van der Waals surface area contributed by atoms with Gasteiger partial charge in [-0.1, -0.05) is 51.7 Å². The molecule has 2 rings (SSSR count). The van der Waals surface area contributed by atoms with Crippen molar-refractivity contribution in [2.24, 2.45) is 21.7 Å². The van der Waals surface area contributed by atoms with Crippen LogP contribution < -0.4 is 5.32 Å². The maximum absolute atomic E-state index is 13.5. The van der Waals surface area contributed by atoms with E-state index in [1.165, 1.54) is 11.8 Å². The third kappa shape index (κ3) is 5.09. The predicted molar refractivity (Wildman–Crippen MR) is 128 cm³/mol. The van der Waals surface area contributed by atoms with Gasteiger partial charge in [0, 0.05) is 30.7 Å². The molecule has 0 aromatic heterocycles. The first-order valence-corrected chi connectivity index (χ1v) is 12.5. The summed E-state index contributed by atoms with van der Waals surface area (Å²) < 4.78 is 0.609. The summed E-state index contributed by atoms with van der Waals surface area (Å²) in [4.78, 5) is 27.9. The monoisotopic (exact) mass is 467 g/mol. The van der Waals surface area contributed by atoms with Crippen LogP contribution in [0.4, 0.5) is 0 Å². The summed E-state index contributed by atoms with van der Waals surface area (Å²) in [7, 11) is 0. The molecule has 31 heavy (non-hydrogen) atoms. The molecule has 1 saturated carbocycles. The van der Waals surface area contributed by atoms with Gasteiger partial charge in [0.1, 0.15) is 4.32 Å². The average molecular weight is 468 g/mol. The molecule has 8 heteroatoms. The number of hydrogen-bond donors (Lipinski definition) is 2. The van der Waals surface area contributed by atoms with Crippen molar-refractivity contribution in [2.75, 3.05) is 18.8 Å². The third-order valence-electron chi connectivity index (χ3n) is 7.30. The summed E-state index contributed by atoms with van der Waals surface area (Å²) in [5.41, 5.74) is -2.25. The van der Waals surface area contributed by atoms with E-state index in [1.807, 2.05) is 13.8 Å². The van der Waals surface area contributed by atoms with Crippen molar-refractivity contribution in [1.82, 2.24) is 10.2 Å². The van der Waals surface area contributed by atoms with Gasteiger partial charge >= 0.3 is 0 Å². The highest BCUT2D eigenvalue weighted by atomic mass is 32.2. The Morgan fingerprint density at radius 3 is 2.42 bits per heavy atom. The molecule has 1 aliphatic heterocycles. The number of thioether (sulfide) groups is 1. The molecule has 0 radical (unpaired) electrons. The van der Waals surface area contributed by atoms with Gasteiger partial charge in [-0.2, -0.15) is 5.26 Å². The first kappa shape index (κ1) is 26.1. The molecule has 6 nitrogen and oxygen atoms in total. The normalized spacial score (nSPS) is 29.0. The smallest absolute Gasteiger partial charge is 0.228 e. The molecule has 0 aromatic carbocycles. The van der Waals surface area contributed by atoms with Crippen LogP contribution >= 0.6 is 24.0 Å². The fourth-order valence-electron chi connectivity index (χ4n) is 5.22. The molecule has 174 valence electrons. The van der Waals surface area contributed by atoms with Crippen molar-refractivity contribution in [3.63, 3.8) is 0 Å². The van der Waals surface area contributed by atoms with Crippen LogP contribution in [-0.4, -0.2) is 51.1 Å². The number of carbonyl (C=O) groups is 2. The summed E-state index contributed by atoms with van der Waals surface area (Å²) in [6.07, 6.45) is 2.08. The predicted octanol–water partition coefficient (Wildman–Crippen LogP) is 3.88. The Kier molecular flexibility index (Phi) is 7.88. The van der Waals surface area contributed by atoms with Crippen LogP contribution in [0.15, 0.2) is 0 Å². The largest absolute Gasteiger partial charge is 0.392 e. The number of hydrogen-bond acceptors (Lipinski definition) is 6. The molecule has 1 heterocycles. The molecule has 1 aliphatic carbocycles. The van der Waals surface area contributed by atoms with Gasteiger partial charge in [0.25, 0.3) is 0 Å². The number of carbonyl (C=O) groups excluding carboxylic acids is 2. The number of amides is 2. The summed E-state index contributed by atoms with van der Waals surface area (Å²) in [5, 5.41) is 22.9. The minimum absolute atomic E-state index is 0.0422. The molecule has 0 bridgehead atoms. The van der Waals surface area contributed by atoms with Crippen LogP contribution in [0.3, 0.4) is 0 Å². The van der Waals surface area contributed by atoms with Gasteiger partial charge in [-0.05, 0) is 44.9 Å². The molecule has 0 aromatic rings. The lowest BCUT2D eigenvalue weighted by atomic mass is 9.38. The Bertz CT molecular complexity index is 773. The minimum Gasteiger partial charge on any atom is -0.392 e. The lowest BCUT2D eigenvalue weighted by Crippen LogP contribution is -2.65. The minimum atomic E-state index is -0.844. The number of aliphatic hydroxyl groups excluding tert-OH is 1. The van der Waals surface area contributed by atoms with E-state index in [0.29, 0.717) is 30.1 Å². The standard InChI is InChI=1S/C23H37N3O3S2/c1-16(27)13-25-18(29)23(14-20(2,3)4)10-9-22(23,6)21(5,15-24)8-7-17(28)26-11-12-31-19(26)30/h16,27H,7-14H2,1-6H3,(H,25,29). The lowest BCUT2D eigenvalue weighted by molar-refractivity contribution is -0.181. The highest BCUT2D eigenvalue weighted by Crippen LogP contribution is 2.69. The fourth-order valence-corrected chi connectivity index (χ4v) is 6.46. The van der Waals surface area contributed by atoms with Crippen LogP contribution in [0.25, 0.3) is 0 Å². The average Bonchev–Trinajstić information content (AvgIpc) is 3.11. The maximum Gasteiger partial charge on any atom is 0.228 e. The van der Waals surface area contributed by atoms with E-state index in [0.717, 1.165) is 12.2 Å². The van der Waals surface area contributed by atoms with E-state index in [-0.39, 0.29) is 30.2 Å². The van der Waals surface area contributed by atoms with Crippen molar-refractivity contribution in [1.29, 1.82) is 5.26 Å². The van der Waals surface area contributed by atoms with E-state index < -0.39 is 22.3 Å². The highest BCUT2D eigenvalue weighted by molar-refractivity contribution is 8.23. The van der Waals surface area contributed by atoms with Crippen LogP contribution in [0.5, 0.6) is 0 Å². The SMILES string of the molecule is CC(O)CNC(=O)C1(CC(C)(C)C)CCC1(C)C(C)(C#N)CCC(=O)N1CCSC1=S.